The number of carbonyl (C=O) groups is 1. The zero-order chi connectivity index (χ0) is 14.6. The molecule has 4 heterocycles. The third kappa shape index (κ3) is 2.05. The van der Waals surface area contributed by atoms with Crippen LogP contribution in [0.1, 0.15) is 29.0 Å². The summed E-state index contributed by atoms with van der Waals surface area (Å²) < 4.78 is 6.90. The van der Waals surface area contributed by atoms with Crippen LogP contribution in [-0.4, -0.2) is 35.9 Å². The Bertz CT molecular complexity index is 718. The van der Waals surface area contributed by atoms with Crippen LogP contribution in [0.15, 0.2) is 22.6 Å². The van der Waals surface area contributed by atoms with Crippen LogP contribution in [0.3, 0.4) is 0 Å². The molecule has 0 aliphatic carbocycles. The fraction of sp³-hybridized carbons (Fsp3) is 0.438. The first-order valence-electron chi connectivity index (χ1n) is 7.23. The summed E-state index contributed by atoms with van der Waals surface area (Å²) in [7, 11) is 0. The maximum Gasteiger partial charge on any atom is 0.150 e. The van der Waals surface area contributed by atoms with E-state index in [4.69, 9.17) is 4.42 Å². The lowest BCUT2D eigenvalue weighted by Gasteiger charge is -2.49. The van der Waals surface area contributed by atoms with Crippen LogP contribution < -0.4 is 0 Å². The molecule has 0 amide bonds. The summed E-state index contributed by atoms with van der Waals surface area (Å²) in [6, 6.07) is 5.54. The number of rotatable bonds is 2. The van der Waals surface area contributed by atoms with Crippen LogP contribution in [0.5, 0.6) is 0 Å². The first kappa shape index (κ1) is 13.7. The van der Waals surface area contributed by atoms with E-state index in [0.717, 1.165) is 46.8 Å². The maximum absolute atomic E-state index is 11.1. The van der Waals surface area contributed by atoms with Crippen LogP contribution in [0, 0.1) is 9.49 Å². The monoisotopic (exact) mass is 397 g/mol. The largest absolute Gasteiger partial charge is 0.457 e. The van der Waals surface area contributed by atoms with Gasteiger partial charge in [0, 0.05) is 17.5 Å². The van der Waals surface area contributed by atoms with Gasteiger partial charge in [-0.05, 0) is 72.6 Å². The fourth-order valence-electron chi connectivity index (χ4n) is 3.73. The number of aliphatic hydroxyl groups is 1. The molecule has 3 aliphatic rings. The molecule has 5 rings (SSSR count). The topological polar surface area (TPSA) is 53.7 Å². The van der Waals surface area contributed by atoms with E-state index < -0.39 is 5.60 Å². The van der Waals surface area contributed by atoms with Crippen molar-refractivity contribution in [3.63, 3.8) is 0 Å². The highest BCUT2D eigenvalue weighted by Crippen LogP contribution is 2.44. The minimum absolute atomic E-state index is 0.270. The average molecular weight is 397 g/mol. The van der Waals surface area contributed by atoms with E-state index in [0.29, 0.717) is 17.9 Å². The number of aldehydes is 1. The summed E-state index contributed by atoms with van der Waals surface area (Å²) in [5, 5.41) is 12.0. The van der Waals surface area contributed by atoms with Gasteiger partial charge in [-0.2, -0.15) is 0 Å². The van der Waals surface area contributed by atoms with E-state index in [1.54, 1.807) is 0 Å². The Hall–Kier alpha value is -0.920. The number of fused-ring (bicyclic) bond motifs is 4. The Morgan fingerprint density at radius 2 is 2.10 bits per heavy atom. The van der Waals surface area contributed by atoms with Gasteiger partial charge in [0.15, 0.2) is 0 Å². The summed E-state index contributed by atoms with van der Waals surface area (Å²) in [6.45, 7) is 2.79. The third-order valence-electron chi connectivity index (χ3n) is 4.88. The van der Waals surface area contributed by atoms with Crippen molar-refractivity contribution in [1.82, 2.24) is 4.90 Å². The van der Waals surface area contributed by atoms with Crippen molar-refractivity contribution >= 4 is 39.8 Å². The van der Waals surface area contributed by atoms with E-state index in [-0.39, 0.29) is 5.92 Å². The number of benzene rings is 1. The van der Waals surface area contributed by atoms with E-state index in [2.05, 4.69) is 27.5 Å². The van der Waals surface area contributed by atoms with Crippen molar-refractivity contribution in [2.75, 3.05) is 19.6 Å². The molecule has 1 aromatic heterocycles. The number of hydrogen-bond acceptors (Lipinski definition) is 4. The maximum atomic E-state index is 11.1. The summed E-state index contributed by atoms with van der Waals surface area (Å²) in [4.78, 5) is 13.3. The minimum Gasteiger partial charge on any atom is -0.457 e. The van der Waals surface area contributed by atoms with Gasteiger partial charge >= 0.3 is 0 Å². The molecular formula is C16H16INO3. The predicted molar refractivity (Wildman–Crippen MR) is 87.4 cm³/mol. The Labute approximate surface area is 136 Å². The second kappa shape index (κ2) is 4.79. The van der Waals surface area contributed by atoms with Gasteiger partial charge in [-0.1, -0.05) is 0 Å². The third-order valence-corrected chi connectivity index (χ3v) is 5.68. The number of furan rings is 1. The lowest BCUT2D eigenvalue weighted by atomic mass is 9.74. The molecule has 1 unspecified atom stereocenters. The smallest absolute Gasteiger partial charge is 0.150 e. The molecule has 3 aliphatic heterocycles. The second-order valence-electron chi connectivity index (χ2n) is 6.12. The first-order valence-corrected chi connectivity index (χ1v) is 8.31. The number of piperidine rings is 3. The van der Waals surface area contributed by atoms with Crippen molar-refractivity contribution in [3.05, 3.63) is 33.1 Å². The fourth-order valence-corrected chi connectivity index (χ4v) is 4.51. The van der Waals surface area contributed by atoms with Crippen LogP contribution in [0.4, 0.5) is 0 Å². The van der Waals surface area contributed by atoms with Gasteiger partial charge in [0.2, 0.25) is 0 Å². The van der Waals surface area contributed by atoms with Crippen LogP contribution >= 0.6 is 22.6 Å². The SMILES string of the molecule is O=Cc1cc(I)c2oc(C3(O)CN4CCC3CC4)cc2c1. The molecule has 2 aromatic rings. The molecule has 4 nitrogen and oxygen atoms in total. The van der Waals surface area contributed by atoms with E-state index in [1.807, 2.05) is 18.2 Å². The molecule has 0 radical (unpaired) electrons. The Balaban J connectivity index is 1.83. The van der Waals surface area contributed by atoms with Gasteiger partial charge in [-0.15, -0.1) is 0 Å². The van der Waals surface area contributed by atoms with Gasteiger partial charge < -0.3 is 9.52 Å². The number of carbonyl (C=O) groups excluding carboxylic acids is 1. The van der Waals surface area contributed by atoms with Crippen molar-refractivity contribution in [1.29, 1.82) is 0 Å². The molecule has 2 bridgehead atoms. The van der Waals surface area contributed by atoms with Gasteiger partial charge in [0.05, 0.1) is 3.57 Å². The van der Waals surface area contributed by atoms with Gasteiger partial charge in [-0.25, -0.2) is 0 Å². The Morgan fingerprint density at radius 3 is 2.71 bits per heavy atom. The van der Waals surface area contributed by atoms with Crippen molar-refractivity contribution in [3.8, 4) is 0 Å². The number of halogens is 1. The molecule has 3 fully saturated rings. The standard InChI is InChI=1S/C16H16INO3/c17-13-6-10(8-19)5-11-7-14(21-15(11)13)16(20)9-18-3-1-12(16)2-4-18/h5-8,12,20H,1-4,9H2. The minimum atomic E-state index is -0.889. The van der Waals surface area contributed by atoms with Crippen molar-refractivity contribution in [2.45, 2.75) is 18.4 Å². The summed E-state index contributed by atoms with van der Waals surface area (Å²) >= 11 is 2.17. The number of nitrogens with zero attached hydrogens (tertiary/aromatic N) is 1. The zero-order valence-corrected chi connectivity index (χ0v) is 13.7. The molecule has 110 valence electrons. The van der Waals surface area contributed by atoms with Crippen molar-refractivity contribution < 1.29 is 14.3 Å². The zero-order valence-electron chi connectivity index (χ0n) is 11.5. The van der Waals surface area contributed by atoms with E-state index in [1.165, 1.54) is 0 Å². The average Bonchev–Trinajstić information content (AvgIpc) is 2.93. The molecule has 5 heteroatoms. The first-order chi connectivity index (χ1) is 10.1. The number of hydrogen-bond donors (Lipinski definition) is 1. The van der Waals surface area contributed by atoms with Crippen LogP contribution in [0.2, 0.25) is 0 Å². The summed E-state index contributed by atoms with van der Waals surface area (Å²) in [5.41, 5.74) is 0.515. The highest BCUT2D eigenvalue weighted by molar-refractivity contribution is 14.1. The van der Waals surface area contributed by atoms with Crippen LogP contribution in [0.25, 0.3) is 11.0 Å². The Kier molecular flexibility index (Phi) is 3.13. The molecule has 21 heavy (non-hydrogen) atoms. The highest BCUT2D eigenvalue weighted by Gasteiger charge is 2.48. The molecule has 0 spiro atoms. The second-order valence-corrected chi connectivity index (χ2v) is 7.29. The molecule has 1 N–H and O–H groups in total. The van der Waals surface area contributed by atoms with Gasteiger partial charge in [0.1, 0.15) is 23.2 Å². The summed E-state index contributed by atoms with van der Waals surface area (Å²) in [5.74, 6) is 0.916. The normalized spacial score (nSPS) is 31.7. The predicted octanol–water partition coefficient (Wildman–Crippen LogP) is 2.76. The molecule has 0 saturated carbocycles. The molecule has 3 saturated heterocycles. The Morgan fingerprint density at radius 1 is 1.33 bits per heavy atom. The quantitative estimate of drug-likeness (QED) is 0.626. The summed E-state index contributed by atoms with van der Waals surface area (Å²) in [6.07, 6.45) is 2.88. The van der Waals surface area contributed by atoms with Crippen molar-refractivity contribution in [2.24, 2.45) is 5.92 Å². The molecular weight excluding hydrogens is 381 g/mol. The lowest BCUT2D eigenvalue weighted by Crippen LogP contribution is -2.56. The molecule has 1 atom stereocenters. The van der Waals surface area contributed by atoms with Gasteiger partial charge in [0.25, 0.3) is 0 Å². The van der Waals surface area contributed by atoms with E-state index in [9.17, 15) is 9.90 Å². The van der Waals surface area contributed by atoms with Gasteiger partial charge in [-0.3, -0.25) is 9.69 Å². The highest BCUT2D eigenvalue weighted by atomic mass is 127. The van der Waals surface area contributed by atoms with E-state index >= 15 is 0 Å². The lowest BCUT2D eigenvalue weighted by molar-refractivity contribution is -0.128. The van der Waals surface area contributed by atoms with Crippen LogP contribution in [-0.2, 0) is 5.60 Å². The molecule has 1 aromatic carbocycles.